The maximum atomic E-state index is 2.55. The van der Waals surface area contributed by atoms with Gasteiger partial charge < -0.3 is 0 Å². The van der Waals surface area contributed by atoms with E-state index in [9.17, 15) is 0 Å². The molecule has 1 fully saturated rings. The fraction of sp³-hybridized carbons (Fsp3) is 0.500. The number of thiophene rings is 1. The van der Waals surface area contributed by atoms with E-state index in [4.69, 9.17) is 0 Å². The molecule has 29 heavy (non-hydrogen) atoms. The first-order valence-corrected chi connectivity index (χ1v) is 12.7. The fourth-order valence-corrected chi connectivity index (χ4v) is 6.93. The van der Waals surface area contributed by atoms with Gasteiger partial charge in [-0.15, -0.1) is 11.3 Å². The monoisotopic (exact) mass is 402 g/mol. The molecule has 1 unspecified atom stereocenters. The summed E-state index contributed by atoms with van der Waals surface area (Å²) in [6.07, 6.45) is 31.3. The number of hydrogen-bond acceptors (Lipinski definition) is 1. The molecular weight excluding hydrogens is 368 g/mol. The van der Waals surface area contributed by atoms with Gasteiger partial charge in [0.2, 0.25) is 0 Å². The summed E-state index contributed by atoms with van der Waals surface area (Å²) in [7, 11) is 0. The van der Waals surface area contributed by atoms with Crippen LogP contribution in [0.5, 0.6) is 0 Å². The standard InChI is InChI=1S/C28H34S/c1-3-7-21(8-4-1)23-11-15-25(16-12-23)27-19-20-28(29-27)26-17-13-24(14-18-26)22-9-5-2-6-10-22/h3,5,7-10,15,19-20,23-24,26H,1-2,4,6,11-14,16-18H2. The first kappa shape index (κ1) is 19.4. The van der Waals surface area contributed by atoms with Crippen molar-refractivity contribution in [2.45, 2.75) is 76.5 Å². The minimum absolute atomic E-state index is 0.758. The third-order valence-corrected chi connectivity index (χ3v) is 8.80. The van der Waals surface area contributed by atoms with Crippen LogP contribution in [0.15, 0.2) is 65.8 Å². The second-order valence-electron chi connectivity index (χ2n) is 9.32. The second kappa shape index (κ2) is 9.04. The molecule has 0 aromatic carbocycles. The molecule has 4 aliphatic carbocycles. The molecule has 4 aliphatic rings. The van der Waals surface area contributed by atoms with E-state index in [0.717, 1.165) is 17.8 Å². The van der Waals surface area contributed by atoms with Crippen LogP contribution in [0.3, 0.4) is 0 Å². The minimum atomic E-state index is 0.758. The lowest BCUT2D eigenvalue weighted by molar-refractivity contribution is 0.369. The molecule has 0 aliphatic heterocycles. The molecule has 152 valence electrons. The zero-order valence-corrected chi connectivity index (χ0v) is 18.4. The maximum Gasteiger partial charge on any atom is 0.0302 e. The Balaban J connectivity index is 1.19. The molecular formula is C28H34S. The lowest BCUT2D eigenvalue weighted by Crippen LogP contribution is -2.14. The van der Waals surface area contributed by atoms with E-state index in [1.165, 1.54) is 70.6 Å². The highest BCUT2D eigenvalue weighted by molar-refractivity contribution is 7.13. The van der Waals surface area contributed by atoms with Gasteiger partial charge in [0, 0.05) is 9.75 Å². The Labute approximate surface area is 180 Å². The summed E-state index contributed by atoms with van der Waals surface area (Å²) in [5.74, 6) is 2.38. The first-order valence-electron chi connectivity index (χ1n) is 11.9. The summed E-state index contributed by atoms with van der Waals surface area (Å²) in [6, 6.07) is 4.87. The summed E-state index contributed by atoms with van der Waals surface area (Å²) in [6.45, 7) is 0. The van der Waals surface area contributed by atoms with E-state index >= 15 is 0 Å². The summed E-state index contributed by atoms with van der Waals surface area (Å²) in [5.41, 5.74) is 4.84. The maximum absolute atomic E-state index is 2.55. The second-order valence-corrected chi connectivity index (χ2v) is 10.4. The van der Waals surface area contributed by atoms with Crippen molar-refractivity contribution in [2.24, 2.45) is 11.8 Å². The lowest BCUT2D eigenvalue weighted by atomic mass is 9.77. The van der Waals surface area contributed by atoms with E-state index in [1.54, 1.807) is 26.5 Å². The summed E-state index contributed by atoms with van der Waals surface area (Å²) in [4.78, 5) is 3.19. The largest absolute Gasteiger partial charge is 0.140 e. The van der Waals surface area contributed by atoms with Crippen LogP contribution in [0.25, 0.3) is 5.57 Å². The van der Waals surface area contributed by atoms with Crippen LogP contribution in [-0.4, -0.2) is 0 Å². The molecule has 0 radical (unpaired) electrons. The Morgan fingerprint density at radius 3 is 1.97 bits per heavy atom. The zero-order valence-electron chi connectivity index (χ0n) is 17.6. The van der Waals surface area contributed by atoms with Gasteiger partial charge in [0.05, 0.1) is 0 Å². The highest BCUT2D eigenvalue weighted by Crippen LogP contribution is 2.44. The molecule has 1 atom stereocenters. The van der Waals surface area contributed by atoms with Crippen molar-refractivity contribution >= 4 is 16.9 Å². The Bertz CT molecular complexity index is 864. The van der Waals surface area contributed by atoms with Gasteiger partial charge in [0.25, 0.3) is 0 Å². The molecule has 1 saturated carbocycles. The number of allylic oxidation sites excluding steroid dienone is 10. The molecule has 0 bridgehead atoms. The van der Waals surface area contributed by atoms with Gasteiger partial charge in [0.15, 0.2) is 0 Å². The Morgan fingerprint density at radius 2 is 1.34 bits per heavy atom. The van der Waals surface area contributed by atoms with Gasteiger partial charge in [-0.2, -0.15) is 0 Å². The lowest BCUT2D eigenvalue weighted by Gasteiger charge is -2.29. The van der Waals surface area contributed by atoms with Crippen LogP contribution in [0, 0.1) is 11.8 Å². The van der Waals surface area contributed by atoms with Crippen molar-refractivity contribution in [2.75, 3.05) is 0 Å². The van der Waals surface area contributed by atoms with Crippen LogP contribution < -0.4 is 0 Å². The van der Waals surface area contributed by atoms with E-state index < -0.39 is 0 Å². The third-order valence-electron chi connectivity index (χ3n) is 7.47. The smallest absolute Gasteiger partial charge is 0.0302 e. The van der Waals surface area contributed by atoms with Gasteiger partial charge in [-0.1, -0.05) is 42.5 Å². The Hall–Kier alpha value is -1.60. The quantitative estimate of drug-likeness (QED) is 0.472. The minimum Gasteiger partial charge on any atom is -0.140 e. The van der Waals surface area contributed by atoms with E-state index in [-0.39, 0.29) is 0 Å². The summed E-state index contributed by atoms with van der Waals surface area (Å²) >= 11 is 2.09. The van der Waals surface area contributed by atoms with Crippen molar-refractivity contribution in [3.8, 4) is 0 Å². The first-order chi connectivity index (χ1) is 14.4. The van der Waals surface area contributed by atoms with Gasteiger partial charge in [0.1, 0.15) is 0 Å². The molecule has 1 heteroatoms. The normalized spacial score (nSPS) is 29.9. The predicted molar refractivity (Wildman–Crippen MR) is 127 cm³/mol. The highest BCUT2D eigenvalue weighted by Gasteiger charge is 2.26. The zero-order chi connectivity index (χ0) is 19.5. The van der Waals surface area contributed by atoms with Crippen molar-refractivity contribution < 1.29 is 0 Å². The van der Waals surface area contributed by atoms with Crippen molar-refractivity contribution in [1.29, 1.82) is 0 Å². The number of rotatable bonds is 4. The van der Waals surface area contributed by atoms with Crippen LogP contribution >= 0.6 is 11.3 Å². The van der Waals surface area contributed by atoms with Crippen LogP contribution in [0.1, 0.15) is 86.3 Å². The van der Waals surface area contributed by atoms with Gasteiger partial charge in [-0.25, -0.2) is 0 Å². The highest BCUT2D eigenvalue weighted by atomic mass is 32.1. The molecule has 1 heterocycles. The van der Waals surface area contributed by atoms with Crippen molar-refractivity contribution in [1.82, 2.24) is 0 Å². The van der Waals surface area contributed by atoms with E-state index in [0.29, 0.717) is 0 Å². The Morgan fingerprint density at radius 1 is 0.655 bits per heavy atom. The SMILES string of the molecule is C1=CC(C2CC=C(c3ccc(C4CCC(C5=CCCC=C5)CC4)s3)CC2)=CCC1. The van der Waals surface area contributed by atoms with Crippen LogP contribution in [0.2, 0.25) is 0 Å². The average molecular weight is 403 g/mol. The number of hydrogen-bond donors (Lipinski definition) is 0. The summed E-state index contributed by atoms with van der Waals surface area (Å²) in [5, 5.41) is 0. The molecule has 5 rings (SSSR count). The molecule has 0 nitrogen and oxygen atoms in total. The average Bonchev–Trinajstić information content (AvgIpc) is 3.31. The van der Waals surface area contributed by atoms with Crippen LogP contribution in [0.4, 0.5) is 0 Å². The van der Waals surface area contributed by atoms with Crippen LogP contribution in [-0.2, 0) is 0 Å². The predicted octanol–water partition coefficient (Wildman–Crippen LogP) is 8.76. The topological polar surface area (TPSA) is 0 Å². The van der Waals surface area contributed by atoms with Gasteiger partial charge in [-0.05, 0) is 117 Å². The molecule has 1 aromatic heterocycles. The van der Waals surface area contributed by atoms with Crippen molar-refractivity contribution in [3.05, 3.63) is 75.6 Å². The fourth-order valence-electron chi connectivity index (χ4n) is 5.69. The van der Waals surface area contributed by atoms with Gasteiger partial charge >= 0.3 is 0 Å². The van der Waals surface area contributed by atoms with Crippen molar-refractivity contribution in [3.63, 3.8) is 0 Å². The molecule has 0 N–H and O–H groups in total. The molecule has 0 spiro atoms. The van der Waals surface area contributed by atoms with E-state index in [2.05, 4.69) is 66.0 Å². The summed E-state index contributed by atoms with van der Waals surface area (Å²) < 4.78 is 0. The Kier molecular flexibility index (Phi) is 6.04. The molecule has 0 amide bonds. The van der Waals surface area contributed by atoms with E-state index in [1.807, 2.05) is 0 Å². The third kappa shape index (κ3) is 4.45. The molecule has 1 aromatic rings. The molecule has 0 saturated heterocycles. The van der Waals surface area contributed by atoms with Gasteiger partial charge in [-0.3, -0.25) is 0 Å².